The third-order valence-corrected chi connectivity index (χ3v) is 3.50. The van der Waals surface area contributed by atoms with Crippen molar-refractivity contribution >= 4 is 6.09 Å². The first-order chi connectivity index (χ1) is 9.83. The number of carbonyl (C=O) groups is 1. The number of benzene rings is 1. The molecule has 1 heterocycles. The predicted molar refractivity (Wildman–Crippen MR) is 84.3 cm³/mol. The fourth-order valence-corrected chi connectivity index (χ4v) is 2.65. The van der Waals surface area contributed by atoms with Gasteiger partial charge in [0, 0.05) is 25.7 Å². The van der Waals surface area contributed by atoms with Crippen LogP contribution < -0.4 is 5.32 Å². The molecule has 0 aliphatic carbocycles. The highest BCUT2D eigenvalue weighted by Crippen LogP contribution is 2.18. The molecule has 21 heavy (non-hydrogen) atoms. The Morgan fingerprint density at radius 1 is 1.33 bits per heavy atom. The van der Waals surface area contributed by atoms with Crippen LogP contribution >= 0.6 is 0 Å². The van der Waals surface area contributed by atoms with Crippen molar-refractivity contribution in [3.63, 3.8) is 0 Å². The van der Waals surface area contributed by atoms with Gasteiger partial charge >= 0.3 is 6.09 Å². The second-order valence-corrected chi connectivity index (χ2v) is 6.80. The Kier molecular flexibility index (Phi) is 4.88. The smallest absolute Gasteiger partial charge is 0.407 e. The number of ether oxygens (including phenoxy) is 1. The fraction of sp³-hybridized carbons (Fsp3) is 0.588. The van der Waals surface area contributed by atoms with Gasteiger partial charge in [-0.2, -0.15) is 0 Å². The lowest BCUT2D eigenvalue weighted by atomic mass is 10.00. The molecule has 1 aliphatic rings. The molecule has 4 heteroatoms. The van der Waals surface area contributed by atoms with Crippen LogP contribution in [0.4, 0.5) is 4.79 Å². The number of rotatable bonds is 3. The molecule has 1 aromatic carbocycles. The summed E-state index contributed by atoms with van der Waals surface area (Å²) in [7, 11) is 0. The summed E-state index contributed by atoms with van der Waals surface area (Å²) in [6.07, 6.45) is 0.738. The molecule has 1 atom stereocenters. The van der Waals surface area contributed by atoms with Gasteiger partial charge in [-0.1, -0.05) is 24.3 Å². The summed E-state index contributed by atoms with van der Waals surface area (Å²) in [5.74, 6) is 0. The van der Waals surface area contributed by atoms with Gasteiger partial charge in [0.25, 0.3) is 0 Å². The lowest BCUT2D eigenvalue weighted by molar-refractivity contribution is 0.0495. The van der Waals surface area contributed by atoms with Gasteiger partial charge in [-0.25, -0.2) is 4.79 Å². The van der Waals surface area contributed by atoms with Crippen molar-refractivity contribution in [3.05, 3.63) is 35.4 Å². The van der Waals surface area contributed by atoms with E-state index in [1.165, 1.54) is 11.1 Å². The van der Waals surface area contributed by atoms with Crippen LogP contribution in [0.15, 0.2) is 24.3 Å². The van der Waals surface area contributed by atoms with Crippen molar-refractivity contribution in [1.29, 1.82) is 0 Å². The molecule has 0 saturated carbocycles. The summed E-state index contributed by atoms with van der Waals surface area (Å²) in [5.41, 5.74) is 2.39. The summed E-state index contributed by atoms with van der Waals surface area (Å²) in [6.45, 7) is 10.5. The number of hydrogen-bond donors (Lipinski definition) is 1. The molecular weight excluding hydrogens is 264 g/mol. The summed E-state index contributed by atoms with van der Waals surface area (Å²) >= 11 is 0. The number of hydrogen-bond acceptors (Lipinski definition) is 3. The van der Waals surface area contributed by atoms with Crippen LogP contribution in [-0.2, 0) is 17.7 Å². The Morgan fingerprint density at radius 2 is 2.00 bits per heavy atom. The zero-order valence-corrected chi connectivity index (χ0v) is 13.5. The van der Waals surface area contributed by atoms with Crippen LogP contribution in [0.25, 0.3) is 0 Å². The molecule has 1 N–H and O–H groups in total. The Morgan fingerprint density at radius 3 is 2.67 bits per heavy atom. The van der Waals surface area contributed by atoms with Gasteiger partial charge < -0.3 is 10.1 Å². The summed E-state index contributed by atoms with van der Waals surface area (Å²) in [5, 5.41) is 2.90. The van der Waals surface area contributed by atoms with Crippen LogP contribution in [0.1, 0.15) is 38.8 Å². The van der Waals surface area contributed by atoms with Crippen molar-refractivity contribution < 1.29 is 9.53 Å². The van der Waals surface area contributed by atoms with Crippen molar-refractivity contribution in [3.8, 4) is 0 Å². The van der Waals surface area contributed by atoms with Gasteiger partial charge in [0.1, 0.15) is 5.60 Å². The van der Waals surface area contributed by atoms with E-state index in [1.54, 1.807) is 0 Å². The molecule has 1 aliphatic heterocycles. The Balaban J connectivity index is 1.82. The van der Waals surface area contributed by atoms with Crippen molar-refractivity contribution in [2.75, 3.05) is 13.1 Å². The van der Waals surface area contributed by atoms with Gasteiger partial charge in [0.15, 0.2) is 0 Å². The topological polar surface area (TPSA) is 41.6 Å². The molecule has 116 valence electrons. The largest absolute Gasteiger partial charge is 0.444 e. The Labute approximate surface area is 127 Å². The van der Waals surface area contributed by atoms with Crippen LogP contribution in [0, 0.1) is 0 Å². The van der Waals surface area contributed by atoms with E-state index in [-0.39, 0.29) is 12.1 Å². The maximum absolute atomic E-state index is 11.8. The molecule has 1 unspecified atom stereocenters. The SMILES string of the molecule is CC(CN1CCc2ccccc2C1)NC(=O)OC(C)(C)C. The van der Waals surface area contributed by atoms with E-state index in [2.05, 4.69) is 34.5 Å². The Hall–Kier alpha value is -1.55. The molecular formula is C17H26N2O2. The zero-order chi connectivity index (χ0) is 15.5. The minimum absolute atomic E-state index is 0.0742. The minimum atomic E-state index is -0.451. The predicted octanol–water partition coefficient (Wildman–Crippen LogP) is 2.96. The quantitative estimate of drug-likeness (QED) is 0.930. The third-order valence-electron chi connectivity index (χ3n) is 3.50. The van der Waals surface area contributed by atoms with E-state index in [0.717, 1.165) is 26.1 Å². The number of alkyl carbamates (subject to hydrolysis) is 1. The molecule has 4 nitrogen and oxygen atoms in total. The monoisotopic (exact) mass is 290 g/mol. The summed E-state index contributed by atoms with van der Waals surface area (Å²) in [4.78, 5) is 14.1. The lowest BCUT2D eigenvalue weighted by Gasteiger charge is -2.31. The van der Waals surface area contributed by atoms with E-state index >= 15 is 0 Å². The van der Waals surface area contributed by atoms with Crippen molar-refractivity contribution in [1.82, 2.24) is 10.2 Å². The highest BCUT2D eigenvalue weighted by atomic mass is 16.6. The zero-order valence-electron chi connectivity index (χ0n) is 13.5. The normalized spacial score (nSPS) is 17.0. The fourth-order valence-electron chi connectivity index (χ4n) is 2.65. The van der Waals surface area contributed by atoms with E-state index in [9.17, 15) is 4.79 Å². The van der Waals surface area contributed by atoms with Gasteiger partial charge in [-0.05, 0) is 45.2 Å². The molecule has 2 rings (SSSR count). The second-order valence-electron chi connectivity index (χ2n) is 6.80. The number of fused-ring (bicyclic) bond motifs is 1. The molecule has 0 radical (unpaired) electrons. The molecule has 0 bridgehead atoms. The van der Waals surface area contributed by atoms with Crippen LogP contribution in [0.3, 0.4) is 0 Å². The van der Waals surface area contributed by atoms with Crippen LogP contribution in [-0.4, -0.2) is 35.7 Å². The molecule has 1 aromatic rings. The number of nitrogens with zero attached hydrogens (tertiary/aromatic N) is 1. The summed E-state index contributed by atoms with van der Waals surface area (Å²) in [6, 6.07) is 8.65. The summed E-state index contributed by atoms with van der Waals surface area (Å²) < 4.78 is 5.29. The molecule has 0 saturated heterocycles. The molecule has 0 fully saturated rings. The first-order valence-electron chi connectivity index (χ1n) is 7.62. The van der Waals surface area contributed by atoms with Gasteiger partial charge in [0.05, 0.1) is 0 Å². The average molecular weight is 290 g/mol. The van der Waals surface area contributed by atoms with E-state index in [1.807, 2.05) is 27.7 Å². The van der Waals surface area contributed by atoms with E-state index in [0.29, 0.717) is 0 Å². The highest BCUT2D eigenvalue weighted by Gasteiger charge is 2.21. The van der Waals surface area contributed by atoms with E-state index < -0.39 is 5.60 Å². The highest BCUT2D eigenvalue weighted by molar-refractivity contribution is 5.68. The lowest BCUT2D eigenvalue weighted by Crippen LogP contribution is -2.45. The third kappa shape index (κ3) is 5.05. The first-order valence-corrected chi connectivity index (χ1v) is 7.62. The molecule has 0 spiro atoms. The number of amides is 1. The van der Waals surface area contributed by atoms with Gasteiger partial charge in [-0.3, -0.25) is 4.90 Å². The average Bonchev–Trinajstić information content (AvgIpc) is 2.35. The van der Waals surface area contributed by atoms with Crippen molar-refractivity contribution in [2.45, 2.75) is 52.3 Å². The standard InChI is InChI=1S/C17H26N2O2/c1-13(18-16(20)21-17(2,3)4)11-19-10-9-14-7-5-6-8-15(14)12-19/h5-8,13H,9-12H2,1-4H3,(H,18,20). The second kappa shape index (κ2) is 6.48. The van der Waals surface area contributed by atoms with Crippen molar-refractivity contribution in [2.24, 2.45) is 0 Å². The number of nitrogens with one attached hydrogen (secondary N) is 1. The Bertz CT molecular complexity index is 494. The van der Waals surface area contributed by atoms with E-state index in [4.69, 9.17) is 4.74 Å². The van der Waals surface area contributed by atoms with Crippen LogP contribution in [0.5, 0.6) is 0 Å². The van der Waals surface area contributed by atoms with Gasteiger partial charge in [0.2, 0.25) is 0 Å². The molecule has 0 aromatic heterocycles. The first kappa shape index (κ1) is 15.8. The van der Waals surface area contributed by atoms with Gasteiger partial charge in [-0.15, -0.1) is 0 Å². The maximum atomic E-state index is 11.8. The number of carbonyl (C=O) groups excluding carboxylic acids is 1. The minimum Gasteiger partial charge on any atom is -0.444 e. The molecule has 1 amide bonds. The van der Waals surface area contributed by atoms with Crippen LogP contribution in [0.2, 0.25) is 0 Å². The maximum Gasteiger partial charge on any atom is 0.407 e.